The molecule has 0 saturated carbocycles. The van der Waals surface area contributed by atoms with Gasteiger partial charge in [-0.2, -0.15) is 0 Å². The molecule has 23 heavy (non-hydrogen) atoms. The van der Waals surface area contributed by atoms with E-state index in [0.717, 1.165) is 17.7 Å². The summed E-state index contributed by atoms with van der Waals surface area (Å²) in [4.78, 5) is 12.3. The van der Waals surface area contributed by atoms with Gasteiger partial charge in [0.15, 0.2) is 6.10 Å². The first-order valence-corrected chi connectivity index (χ1v) is 7.93. The minimum Gasteiger partial charge on any atom is -0.481 e. The summed E-state index contributed by atoms with van der Waals surface area (Å²) < 4.78 is 5.89. The molecule has 0 bridgehead atoms. The quantitative estimate of drug-likeness (QED) is 0.786. The highest BCUT2D eigenvalue weighted by Crippen LogP contribution is 2.29. The fourth-order valence-corrected chi connectivity index (χ4v) is 2.27. The Kier molecular flexibility index (Phi) is 5.63. The van der Waals surface area contributed by atoms with Crippen LogP contribution < -0.4 is 15.8 Å². The number of anilines is 2. The zero-order valence-corrected chi connectivity index (χ0v) is 13.9. The molecule has 2 aromatic rings. The van der Waals surface area contributed by atoms with E-state index < -0.39 is 6.10 Å². The van der Waals surface area contributed by atoms with Crippen LogP contribution in [0.5, 0.6) is 5.75 Å². The van der Waals surface area contributed by atoms with Crippen molar-refractivity contribution < 1.29 is 9.53 Å². The highest BCUT2D eigenvalue weighted by molar-refractivity contribution is 5.94. The number of nitrogen functional groups attached to an aromatic ring is 1. The summed E-state index contributed by atoms with van der Waals surface area (Å²) >= 11 is 0. The molecule has 0 aliphatic rings. The molecule has 0 spiro atoms. The normalized spacial score (nSPS) is 13.2. The van der Waals surface area contributed by atoms with E-state index in [4.69, 9.17) is 10.5 Å². The van der Waals surface area contributed by atoms with Gasteiger partial charge in [-0.25, -0.2) is 0 Å². The molecular formula is C19H24N2O2. The molecule has 0 fully saturated rings. The van der Waals surface area contributed by atoms with E-state index in [2.05, 4.69) is 19.2 Å². The maximum absolute atomic E-state index is 12.3. The molecule has 2 atom stereocenters. The van der Waals surface area contributed by atoms with Crippen LogP contribution in [-0.4, -0.2) is 12.0 Å². The number of hydrogen-bond donors (Lipinski definition) is 2. The molecule has 0 aliphatic heterocycles. The fraction of sp³-hybridized carbons (Fsp3) is 0.316. The van der Waals surface area contributed by atoms with Gasteiger partial charge < -0.3 is 15.8 Å². The predicted molar refractivity (Wildman–Crippen MR) is 94.7 cm³/mol. The number of nitrogens with two attached hydrogens (primary N) is 1. The van der Waals surface area contributed by atoms with Gasteiger partial charge >= 0.3 is 0 Å². The largest absolute Gasteiger partial charge is 0.481 e. The van der Waals surface area contributed by atoms with Crippen molar-refractivity contribution in [1.29, 1.82) is 0 Å². The van der Waals surface area contributed by atoms with Gasteiger partial charge in [-0.15, -0.1) is 0 Å². The maximum atomic E-state index is 12.3. The monoisotopic (exact) mass is 312 g/mol. The summed E-state index contributed by atoms with van der Waals surface area (Å²) in [7, 11) is 0. The summed E-state index contributed by atoms with van der Waals surface area (Å²) in [5.41, 5.74) is 8.13. The third-order valence-corrected chi connectivity index (χ3v) is 3.91. The average Bonchev–Trinajstić information content (AvgIpc) is 2.56. The van der Waals surface area contributed by atoms with Gasteiger partial charge in [0.25, 0.3) is 5.91 Å². The highest BCUT2D eigenvalue weighted by atomic mass is 16.5. The van der Waals surface area contributed by atoms with Gasteiger partial charge in [0.2, 0.25) is 0 Å². The van der Waals surface area contributed by atoms with Crippen LogP contribution in [0.25, 0.3) is 0 Å². The number of rotatable bonds is 6. The number of benzene rings is 2. The number of carbonyl (C=O) groups is 1. The van der Waals surface area contributed by atoms with Gasteiger partial charge in [-0.05, 0) is 55.2 Å². The molecule has 4 heteroatoms. The van der Waals surface area contributed by atoms with Crippen molar-refractivity contribution in [3.63, 3.8) is 0 Å². The Morgan fingerprint density at radius 1 is 1.13 bits per heavy atom. The molecule has 0 aromatic heterocycles. The molecule has 2 rings (SSSR count). The van der Waals surface area contributed by atoms with E-state index in [0.29, 0.717) is 17.3 Å². The van der Waals surface area contributed by atoms with Gasteiger partial charge in [0, 0.05) is 11.4 Å². The van der Waals surface area contributed by atoms with E-state index in [-0.39, 0.29) is 5.91 Å². The van der Waals surface area contributed by atoms with E-state index in [1.165, 1.54) is 0 Å². The summed E-state index contributed by atoms with van der Waals surface area (Å²) in [6, 6.07) is 14.9. The van der Waals surface area contributed by atoms with Crippen LogP contribution in [0.1, 0.15) is 38.7 Å². The van der Waals surface area contributed by atoms with Crippen molar-refractivity contribution in [1.82, 2.24) is 0 Å². The Bertz CT molecular complexity index is 653. The van der Waals surface area contributed by atoms with E-state index >= 15 is 0 Å². The topological polar surface area (TPSA) is 64.3 Å². The first-order chi connectivity index (χ1) is 11.0. The lowest BCUT2D eigenvalue weighted by molar-refractivity contribution is -0.122. The van der Waals surface area contributed by atoms with Crippen LogP contribution >= 0.6 is 0 Å². The van der Waals surface area contributed by atoms with Crippen LogP contribution in [0.2, 0.25) is 0 Å². The van der Waals surface area contributed by atoms with Crippen molar-refractivity contribution in [3.8, 4) is 5.75 Å². The Morgan fingerprint density at radius 2 is 1.78 bits per heavy atom. The Hall–Kier alpha value is -2.49. The van der Waals surface area contributed by atoms with Crippen LogP contribution in [0.15, 0.2) is 48.5 Å². The predicted octanol–water partition coefficient (Wildman–Crippen LogP) is 4.19. The van der Waals surface area contributed by atoms with Gasteiger partial charge in [0.1, 0.15) is 5.75 Å². The minimum atomic E-state index is -0.585. The molecule has 4 nitrogen and oxygen atoms in total. The Morgan fingerprint density at radius 3 is 2.43 bits per heavy atom. The van der Waals surface area contributed by atoms with Crippen LogP contribution in [-0.2, 0) is 4.79 Å². The lowest BCUT2D eigenvalue weighted by Crippen LogP contribution is -2.30. The smallest absolute Gasteiger partial charge is 0.265 e. The SMILES string of the molecule is CC[C@@H](C)c1ccccc1O[C@H](C)C(=O)Nc1ccc(N)cc1. The van der Waals surface area contributed by atoms with E-state index in [1.54, 1.807) is 31.2 Å². The first kappa shape index (κ1) is 16.9. The maximum Gasteiger partial charge on any atom is 0.265 e. The average molecular weight is 312 g/mol. The summed E-state index contributed by atoms with van der Waals surface area (Å²) in [6.45, 7) is 6.04. The van der Waals surface area contributed by atoms with Crippen molar-refractivity contribution in [2.24, 2.45) is 0 Å². The lowest BCUT2D eigenvalue weighted by Gasteiger charge is -2.19. The molecule has 2 aromatic carbocycles. The van der Waals surface area contributed by atoms with Gasteiger partial charge in [-0.1, -0.05) is 32.0 Å². The number of carbonyl (C=O) groups excluding carboxylic acids is 1. The highest BCUT2D eigenvalue weighted by Gasteiger charge is 2.18. The molecule has 0 saturated heterocycles. The van der Waals surface area contributed by atoms with Crippen molar-refractivity contribution in [2.75, 3.05) is 11.1 Å². The van der Waals surface area contributed by atoms with E-state index in [9.17, 15) is 4.79 Å². The second-order valence-electron chi connectivity index (χ2n) is 5.72. The van der Waals surface area contributed by atoms with Crippen LogP contribution in [0.4, 0.5) is 11.4 Å². The molecule has 0 aliphatic carbocycles. The molecule has 0 heterocycles. The molecule has 0 radical (unpaired) electrons. The van der Waals surface area contributed by atoms with Crippen molar-refractivity contribution in [2.45, 2.75) is 39.2 Å². The number of nitrogens with one attached hydrogen (secondary N) is 1. The molecule has 1 amide bonds. The first-order valence-electron chi connectivity index (χ1n) is 7.93. The molecule has 122 valence electrons. The Balaban J connectivity index is 2.05. The fourth-order valence-electron chi connectivity index (χ4n) is 2.27. The summed E-state index contributed by atoms with van der Waals surface area (Å²) in [5, 5.41) is 2.83. The van der Waals surface area contributed by atoms with Gasteiger partial charge in [-0.3, -0.25) is 4.79 Å². The second-order valence-corrected chi connectivity index (χ2v) is 5.72. The number of para-hydroxylation sites is 1. The number of ether oxygens (including phenoxy) is 1. The number of hydrogen-bond acceptors (Lipinski definition) is 3. The van der Waals surface area contributed by atoms with Crippen LogP contribution in [0.3, 0.4) is 0 Å². The standard InChI is InChI=1S/C19H24N2O2/c1-4-13(2)17-7-5-6-8-18(17)23-14(3)19(22)21-16-11-9-15(20)10-12-16/h5-14H,4,20H2,1-3H3,(H,21,22)/t13-,14-/m1/s1. The zero-order chi connectivity index (χ0) is 16.8. The Labute approximate surface area is 137 Å². The lowest BCUT2D eigenvalue weighted by atomic mass is 9.98. The molecule has 0 unspecified atom stereocenters. The van der Waals surface area contributed by atoms with E-state index in [1.807, 2.05) is 24.3 Å². The van der Waals surface area contributed by atoms with Crippen molar-refractivity contribution >= 4 is 17.3 Å². The summed E-state index contributed by atoms with van der Waals surface area (Å²) in [6.07, 6.45) is 0.435. The second kappa shape index (κ2) is 7.68. The van der Waals surface area contributed by atoms with Crippen LogP contribution in [0, 0.1) is 0 Å². The van der Waals surface area contributed by atoms with Gasteiger partial charge in [0.05, 0.1) is 0 Å². The summed E-state index contributed by atoms with van der Waals surface area (Å²) in [5.74, 6) is 0.967. The number of amides is 1. The third kappa shape index (κ3) is 4.49. The molecule has 3 N–H and O–H groups in total. The molecular weight excluding hydrogens is 288 g/mol. The third-order valence-electron chi connectivity index (χ3n) is 3.91. The van der Waals surface area contributed by atoms with Crippen molar-refractivity contribution in [3.05, 3.63) is 54.1 Å². The zero-order valence-electron chi connectivity index (χ0n) is 13.9. The minimum absolute atomic E-state index is 0.186.